The summed E-state index contributed by atoms with van der Waals surface area (Å²) in [6, 6.07) is 3.20. The van der Waals surface area contributed by atoms with Gasteiger partial charge in [-0.1, -0.05) is 11.6 Å². The Morgan fingerprint density at radius 1 is 1.44 bits per heavy atom. The Bertz CT molecular complexity index is 488. The maximum atomic E-state index is 12.6. The lowest BCUT2D eigenvalue weighted by Crippen LogP contribution is -2.12. The number of hydrogen-bond donors (Lipinski definition) is 0. The topological polar surface area (TPSA) is 40.9 Å². The van der Waals surface area contributed by atoms with Gasteiger partial charge in [0, 0.05) is 5.56 Å². The van der Waals surface area contributed by atoms with Gasteiger partial charge in [-0.2, -0.15) is 18.4 Å². The van der Waals surface area contributed by atoms with E-state index < -0.39 is 23.1 Å². The van der Waals surface area contributed by atoms with Crippen LogP contribution < -0.4 is 0 Å². The average Bonchev–Trinajstić information content (AvgIpc) is 2.14. The highest BCUT2D eigenvalue weighted by Crippen LogP contribution is 2.36. The summed E-state index contributed by atoms with van der Waals surface area (Å²) in [6.45, 7) is 0.989. The summed E-state index contributed by atoms with van der Waals surface area (Å²) in [7, 11) is 0. The molecule has 1 aromatic carbocycles. The molecule has 0 spiro atoms. The first kappa shape index (κ1) is 12.5. The van der Waals surface area contributed by atoms with Crippen molar-refractivity contribution in [2.75, 3.05) is 0 Å². The molecule has 0 radical (unpaired) electrons. The first-order chi connectivity index (χ1) is 7.27. The van der Waals surface area contributed by atoms with Crippen molar-refractivity contribution in [3.8, 4) is 6.07 Å². The predicted octanol–water partition coefficient (Wildman–Crippen LogP) is 3.43. The van der Waals surface area contributed by atoms with Gasteiger partial charge in [-0.15, -0.1) is 0 Å². The lowest BCUT2D eigenvalue weighted by atomic mass is 10.0. The third kappa shape index (κ3) is 2.34. The monoisotopic (exact) mass is 247 g/mol. The fraction of sp³-hybridized carbons (Fsp3) is 0.200. The quantitative estimate of drug-likeness (QED) is 0.714. The molecule has 2 nitrogen and oxygen atoms in total. The second-order valence-corrected chi connectivity index (χ2v) is 3.45. The molecule has 0 heterocycles. The van der Waals surface area contributed by atoms with E-state index in [4.69, 9.17) is 16.9 Å². The van der Waals surface area contributed by atoms with E-state index in [0.29, 0.717) is 6.07 Å². The molecule has 0 bridgehead atoms. The largest absolute Gasteiger partial charge is 0.417 e. The molecule has 0 atom stereocenters. The van der Waals surface area contributed by atoms with Crippen molar-refractivity contribution < 1.29 is 18.0 Å². The van der Waals surface area contributed by atoms with Gasteiger partial charge in [0.05, 0.1) is 22.2 Å². The van der Waals surface area contributed by atoms with Gasteiger partial charge in [0.2, 0.25) is 0 Å². The number of halogens is 4. The zero-order valence-electron chi connectivity index (χ0n) is 8.02. The zero-order valence-corrected chi connectivity index (χ0v) is 8.78. The summed E-state index contributed by atoms with van der Waals surface area (Å²) in [5, 5.41) is 8.16. The van der Waals surface area contributed by atoms with E-state index in [1.807, 2.05) is 0 Å². The Morgan fingerprint density at radius 3 is 2.38 bits per heavy atom. The summed E-state index contributed by atoms with van der Waals surface area (Å²) in [5.74, 6) is -0.790. The lowest BCUT2D eigenvalue weighted by Gasteiger charge is -2.12. The minimum absolute atomic E-state index is 0.234. The highest BCUT2D eigenvalue weighted by molar-refractivity contribution is 6.34. The van der Waals surface area contributed by atoms with Gasteiger partial charge >= 0.3 is 6.18 Å². The molecule has 0 fully saturated rings. The zero-order chi connectivity index (χ0) is 12.5. The second-order valence-electron chi connectivity index (χ2n) is 3.05. The van der Waals surface area contributed by atoms with Crippen LogP contribution in [0.25, 0.3) is 0 Å². The molecule has 0 amide bonds. The first-order valence-corrected chi connectivity index (χ1v) is 4.47. The average molecular weight is 248 g/mol. The summed E-state index contributed by atoms with van der Waals surface area (Å²) < 4.78 is 37.8. The van der Waals surface area contributed by atoms with Crippen LogP contribution >= 0.6 is 11.6 Å². The molecule has 0 aromatic heterocycles. The van der Waals surface area contributed by atoms with Gasteiger partial charge in [0.1, 0.15) is 0 Å². The number of benzene rings is 1. The Balaban J connectivity index is 3.61. The number of carbonyl (C=O) groups excluding carboxylic acids is 1. The van der Waals surface area contributed by atoms with Gasteiger partial charge < -0.3 is 0 Å². The Morgan fingerprint density at radius 2 is 2.00 bits per heavy atom. The van der Waals surface area contributed by atoms with Gasteiger partial charge in [-0.05, 0) is 19.1 Å². The van der Waals surface area contributed by atoms with Gasteiger partial charge in [0.15, 0.2) is 5.78 Å². The van der Waals surface area contributed by atoms with E-state index in [-0.39, 0.29) is 10.6 Å². The Labute approximate surface area is 94.2 Å². The number of alkyl halides is 3. The molecular formula is C10H5ClF3NO. The Hall–Kier alpha value is -1.54. The predicted molar refractivity (Wildman–Crippen MR) is 51.2 cm³/mol. The molecule has 1 aromatic rings. The molecule has 0 aliphatic carbocycles. The molecular weight excluding hydrogens is 243 g/mol. The Kier molecular flexibility index (Phi) is 3.24. The van der Waals surface area contributed by atoms with Crippen molar-refractivity contribution >= 4 is 17.4 Å². The summed E-state index contributed by atoms with van der Waals surface area (Å²) in [4.78, 5) is 11.1. The summed E-state index contributed by atoms with van der Waals surface area (Å²) in [6.07, 6.45) is -4.71. The molecule has 84 valence electrons. The van der Waals surface area contributed by atoms with Crippen LogP contribution in [0, 0.1) is 11.3 Å². The number of nitriles is 1. The van der Waals surface area contributed by atoms with Crippen LogP contribution in [0.15, 0.2) is 12.1 Å². The highest BCUT2D eigenvalue weighted by Gasteiger charge is 2.36. The van der Waals surface area contributed by atoms with Crippen molar-refractivity contribution in [3.05, 3.63) is 33.8 Å². The van der Waals surface area contributed by atoms with E-state index in [9.17, 15) is 18.0 Å². The smallest absolute Gasteiger partial charge is 0.294 e. The molecule has 1 rings (SSSR count). The standard InChI is InChI=1S/C10H5ClF3NO/c1-5(16)9-7(10(12,13)14)2-6(4-15)3-8(9)11/h2-3H,1H3. The molecule has 0 aliphatic heterocycles. The normalized spacial score (nSPS) is 11.0. The SMILES string of the molecule is CC(=O)c1c(Cl)cc(C#N)cc1C(F)(F)F. The maximum Gasteiger partial charge on any atom is 0.417 e. The summed E-state index contributed by atoms with van der Waals surface area (Å²) in [5.41, 5.74) is -2.01. The summed E-state index contributed by atoms with van der Waals surface area (Å²) >= 11 is 5.54. The third-order valence-corrected chi connectivity index (χ3v) is 2.17. The van der Waals surface area contributed by atoms with Crippen LogP contribution in [0.5, 0.6) is 0 Å². The number of ketones is 1. The number of carbonyl (C=O) groups is 1. The van der Waals surface area contributed by atoms with Crippen LogP contribution in [0.2, 0.25) is 5.02 Å². The van der Waals surface area contributed by atoms with Crippen molar-refractivity contribution in [3.63, 3.8) is 0 Å². The van der Waals surface area contributed by atoms with Crippen molar-refractivity contribution in [2.24, 2.45) is 0 Å². The number of Topliss-reactive ketones (excluding diaryl/α,β-unsaturated/α-hetero) is 1. The maximum absolute atomic E-state index is 12.6. The van der Waals surface area contributed by atoms with Gasteiger partial charge in [0.25, 0.3) is 0 Å². The second kappa shape index (κ2) is 4.14. The molecule has 16 heavy (non-hydrogen) atoms. The fourth-order valence-electron chi connectivity index (χ4n) is 1.25. The van der Waals surface area contributed by atoms with Crippen LogP contribution in [-0.2, 0) is 6.18 Å². The van der Waals surface area contributed by atoms with Gasteiger partial charge in [-0.3, -0.25) is 4.79 Å². The number of nitrogens with zero attached hydrogens (tertiary/aromatic N) is 1. The fourth-order valence-corrected chi connectivity index (χ4v) is 1.61. The molecule has 0 unspecified atom stereocenters. The van der Waals surface area contributed by atoms with E-state index in [1.165, 1.54) is 0 Å². The molecule has 0 saturated heterocycles. The van der Waals surface area contributed by atoms with Crippen molar-refractivity contribution in [2.45, 2.75) is 13.1 Å². The third-order valence-electron chi connectivity index (χ3n) is 1.88. The minimum Gasteiger partial charge on any atom is -0.294 e. The van der Waals surface area contributed by atoms with Crippen LogP contribution in [0.4, 0.5) is 13.2 Å². The van der Waals surface area contributed by atoms with E-state index in [0.717, 1.165) is 13.0 Å². The van der Waals surface area contributed by atoms with Crippen LogP contribution in [0.1, 0.15) is 28.4 Å². The van der Waals surface area contributed by atoms with Crippen molar-refractivity contribution in [1.82, 2.24) is 0 Å². The van der Waals surface area contributed by atoms with Crippen LogP contribution in [-0.4, -0.2) is 5.78 Å². The number of rotatable bonds is 1. The molecule has 6 heteroatoms. The van der Waals surface area contributed by atoms with E-state index in [1.54, 1.807) is 6.07 Å². The lowest BCUT2D eigenvalue weighted by molar-refractivity contribution is -0.137. The first-order valence-electron chi connectivity index (χ1n) is 4.09. The van der Waals surface area contributed by atoms with E-state index >= 15 is 0 Å². The minimum atomic E-state index is -4.71. The molecule has 0 saturated carbocycles. The number of hydrogen-bond acceptors (Lipinski definition) is 2. The highest BCUT2D eigenvalue weighted by atomic mass is 35.5. The van der Waals surface area contributed by atoms with E-state index in [2.05, 4.69) is 0 Å². The van der Waals surface area contributed by atoms with Gasteiger partial charge in [-0.25, -0.2) is 0 Å². The molecule has 0 N–H and O–H groups in total. The van der Waals surface area contributed by atoms with Crippen molar-refractivity contribution in [1.29, 1.82) is 5.26 Å². The van der Waals surface area contributed by atoms with Crippen LogP contribution in [0.3, 0.4) is 0 Å². The molecule has 0 aliphatic rings.